The first-order chi connectivity index (χ1) is 11.4. The number of hydrogen-bond donors (Lipinski definition) is 3. The first-order valence-electron chi connectivity index (χ1n) is 9.05. The number of esters is 1. The zero-order valence-corrected chi connectivity index (χ0v) is 14.7. The molecule has 3 aliphatic rings. The van der Waals surface area contributed by atoms with E-state index in [2.05, 4.69) is 24.5 Å². The highest BCUT2D eigenvalue weighted by molar-refractivity contribution is 5.89. The van der Waals surface area contributed by atoms with Gasteiger partial charge in [-0.2, -0.15) is 0 Å². The fraction of sp³-hybridized carbons (Fsp3) is 0.882. The van der Waals surface area contributed by atoms with Crippen LogP contribution in [-0.2, 0) is 19.1 Å². The smallest absolute Gasteiger partial charge is 0.311 e. The minimum absolute atomic E-state index is 0.118. The Bertz CT molecular complexity index is 498. The number of hydrogen-bond acceptors (Lipinski definition) is 7. The second-order valence-corrected chi connectivity index (χ2v) is 7.46. The van der Waals surface area contributed by atoms with Crippen LogP contribution in [0.25, 0.3) is 0 Å². The summed E-state index contributed by atoms with van der Waals surface area (Å²) in [6, 6.07) is 0.0429. The van der Waals surface area contributed by atoms with Crippen LogP contribution in [0.5, 0.6) is 0 Å². The van der Waals surface area contributed by atoms with E-state index in [1.54, 1.807) is 6.92 Å². The molecule has 4 N–H and O–H groups in total. The lowest BCUT2D eigenvalue weighted by atomic mass is 9.76. The van der Waals surface area contributed by atoms with Crippen LogP contribution in [0.1, 0.15) is 40.0 Å². The Morgan fingerprint density at radius 2 is 2.12 bits per heavy atom. The maximum atomic E-state index is 13.0. The van der Waals surface area contributed by atoms with Crippen molar-refractivity contribution in [2.45, 2.75) is 70.6 Å². The van der Waals surface area contributed by atoms with Gasteiger partial charge in [0.1, 0.15) is 6.23 Å². The molecule has 24 heavy (non-hydrogen) atoms. The molecule has 0 saturated carbocycles. The number of Topliss-reactive ketones (excluding diaryl/α,β-unsaturated/α-hetero) is 1. The van der Waals surface area contributed by atoms with Gasteiger partial charge in [-0.3, -0.25) is 14.9 Å². The second-order valence-electron chi connectivity index (χ2n) is 7.46. The SMILES string of the molecule is CCOC(=O)C1CC2C(=O)C3NC(C(C)C)CCC3OC2NC1N. The number of piperidine rings is 2. The van der Waals surface area contributed by atoms with Crippen molar-refractivity contribution in [2.24, 2.45) is 23.5 Å². The second kappa shape index (κ2) is 7.07. The maximum Gasteiger partial charge on any atom is 0.311 e. The molecule has 136 valence electrons. The third kappa shape index (κ3) is 3.22. The zero-order valence-electron chi connectivity index (χ0n) is 14.7. The minimum atomic E-state index is -0.547. The summed E-state index contributed by atoms with van der Waals surface area (Å²) in [6.45, 7) is 6.39. The lowest BCUT2D eigenvalue weighted by molar-refractivity contribution is -0.177. The van der Waals surface area contributed by atoms with E-state index >= 15 is 0 Å². The van der Waals surface area contributed by atoms with Gasteiger partial charge in [0, 0.05) is 6.04 Å². The number of carbonyl (C=O) groups excluding carboxylic acids is 2. The molecule has 0 aromatic rings. The first kappa shape index (κ1) is 17.8. The Morgan fingerprint density at radius 3 is 2.79 bits per heavy atom. The number of ether oxygens (including phenoxy) is 2. The quantitative estimate of drug-likeness (QED) is 0.628. The molecule has 3 heterocycles. The van der Waals surface area contributed by atoms with Crippen molar-refractivity contribution in [2.75, 3.05) is 6.61 Å². The average molecular weight is 339 g/mol. The van der Waals surface area contributed by atoms with Crippen molar-refractivity contribution in [3.8, 4) is 0 Å². The van der Waals surface area contributed by atoms with E-state index in [9.17, 15) is 9.59 Å². The molecule has 0 radical (unpaired) electrons. The molecule has 3 saturated heterocycles. The number of ketones is 1. The third-order valence-electron chi connectivity index (χ3n) is 5.58. The summed E-state index contributed by atoms with van der Waals surface area (Å²) in [5.41, 5.74) is 6.07. The van der Waals surface area contributed by atoms with Gasteiger partial charge in [0.25, 0.3) is 0 Å². The summed E-state index contributed by atoms with van der Waals surface area (Å²) in [6.07, 6.45) is 1.18. The molecule has 3 fully saturated rings. The fourth-order valence-electron chi connectivity index (χ4n) is 4.15. The molecule has 7 heteroatoms. The minimum Gasteiger partial charge on any atom is -0.466 e. The molecule has 3 rings (SSSR count). The third-order valence-corrected chi connectivity index (χ3v) is 5.58. The van der Waals surface area contributed by atoms with Crippen molar-refractivity contribution in [3.05, 3.63) is 0 Å². The zero-order chi connectivity index (χ0) is 17.4. The molecule has 0 aromatic carbocycles. The van der Waals surface area contributed by atoms with Gasteiger partial charge in [-0.05, 0) is 32.1 Å². The van der Waals surface area contributed by atoms with Crippen LogP contribution >= 0.6 is 0 Å². The summed E-state index contributed by atoms with van der Waals surface area (Å²) in [4.78, 5) is 25.1. The largest absolute Gasteiger partial charge is 0.466 e. The van der Waals surface area contributed by atoms with Gasteiger partial charge in [0.05, 0.1) is 36.8 Å². The number of nitrogens with two attached hydrogens (primary N) is 1. The van der Waals surface area contributed by atoms with Crippen LogP contribution < -0.4 is 16.4 Å². The van der Waals surface area contributed by atoms with Crippen molar-refractivity contribution < 1.29 is 19.1 Å². The highest BCUT2D eigenvalue weighted by Gasteiger charge is 2.52. The van der Waals surface area contributed by atoms with Crippen LogP contribution in [0.2, 0.25) is 0 Å². The molecule has 0 bridgehead atoms. The molecule has 7 unspecified atom stereocenters. The van der Waals surface area contributed by atoms with E-state index in [4.69, 9.17) is 15.2 Å². The molecule has 0 aliphatic carbocycles. The van der Waals surface area contributed by atoms with Crippen LogP contribution in [0.15, 0.2) is 0 Å². The topological polar surface area (TPSA) is 103 Å². The molecular weight excluding hydrogens is 310 g/mol. The van der Waals surface area contributed by atoms with Crippen LogP contribution in [0.3, 0.4) is 0 Å². The summed E-state index contributed by atoms with van der Waals surface area (Å²) in [5, 5.41) is 6.58. The van der Waals surface area contributed by atoms with E-state index in [-0.39, 0.29) is 29.8 Å². The van der Waals surface area contributed by atoms with Crippen LogP contribution in [0, 0.1) is 17.8 Å². The van der Waals surface area contributed by atoms with Crippen LogP contribution in [0.4, 0.5) is 0 Å². The van der Waals surface area contributed by atoms with Gasteiger partial charge in [-0.1, -0.05) is 13.8 Å². The van der Waals surface area contributed by atoms with E-state index in [0.717, 1.165) is 12.8 Å². The van der Waals surface area contributed by atoms with Crippen molar-refractivity contribution in [1.82, 2.24) is 10.6 Å². The average Bonchev–Trinajstić information content (AvgIpc) is 2.54. The predicted molar refractivity (Wildman–Crippen MR) is 87.8 cm³/mol. The maximum absolute atomic E-state index is 13.0. The summed E-state index contributed by atoms with van der Waals surface area (Å²) >= 11 is 0. The number of fused-ring (bicyclic) bond motifs is 2. The standard InChI is InChI=1S/C17H29N3O4/c1-4-23-17(22)10-7-9-14(21)13-12(24-16(9)20-15(10)18)6-5-11(19-13)8(2)3/h8-13,15-16,19-20H,4-7,18H2,1-3H3. The van der Waals surface area contributed by atoms with Gasteiger partial charge < -0.3 is 20.5 Å². The Labute approximate surface area is 143 Å². The molecule has 0 amide bonds. The summed E-state index contributed by atoms with van der Waals surface area (Å²) in [7, 11) is 0. The summed E-state index contributed by atoms with van der Waals surface area (Å²) in [5.74, 6) is -0.613. The van der Waals surface area contributed by atoms with Gasteiger partial charge in [0.15, 0.2) is 5.78 Å². The fourth-order valence-corrected chi connectivity index (χ4v) is 4.15. The van der Waals surface area contributed by atoms with Crippen molar-refractivity contribution in [1.29, 1.82) is 0 Å². The summed E-state index contributed by atoms with van der Waals surface area (Å²) < 4.78 is 11.2. The van der Waals surface area contributed by atoms with Gasteiger partial charge in [-0.25, -0.2) is 0 Å². The van der Waals surface area contributed by atoms with Crippen LogP contribution in [-0.4, -0.2) is 48.9 Å². The highest BCUT2D eigenvalue weighted by Crippen LogP contribution is 2.35. The Balaban J connectivity index is 1.73. The van der Waals surface area contributed by atoms with E-state index in [0.29, 0.717) is 25.0 Å². The molecule has 7 atom stereocenters. The monoisotopic (exact) mass is 339 g/mol. The molecule has 0 aromatic heterocycles. The van der Waals surface area contributed by atoms with Gasteiger partial charge in [-0.15, -0.1) is 0 Å². The van der Waals surface area contributed by atoms with Gasteiger partial charge >= 0.3 is 5.97 Å². The Hall–Kier alpha value is -1.02. The van der Waals surface area contributed by atoms with E-state index in [1.807, 2.05) is 0 Å². The molecule has 3 aliphatic heterocycles. The molecule has 0 spiro atoms. The predicted octanol–water partition coefficient (Wildman–Crippen LogP) is 0.131. The van der Waals surface area contributed by atoms with Gasteiger partial charge in [0.2, 0.25) is 0 Å². The van der Waals surface area contributed by atoms with Crippen molar-refractivity contribution in [3.63, 3.8) is 0 Å². The first-order valence-corrected chi connectivity index (χ1v) is 9.05. The Kier molecular flexibility index (Phi) is 5.24. The lowest BCUT2D eigenvalue weighted by Gasteiger charge is -2.49. The molecular formula is C17H29N3O4. The molecule has 7 nitrogen and oxygen atoms in total. The van der Waals surface area contributed by atoms with E-state index in [1.165, 1.54) is 0 Å². The highest BCUT2D eigenvalue weighted by atomic mass is 16.5. The Morgan fingerprint density at radius 1 is 1.38 bits per heavy atom. The van der Waals surface area contributed by atoms with Crippen molar-refractivity contribution >= 4 is 11.8 Å². The number of carbonyl (C=O) groups is 2. The lowest BCUT2D eigenvalue weighted by Crippen LogP contribution is -2.70. The normalized spacial score (nSPS) is 42.4. The number of rotatable bonds is 3. The van der Waals surface area contributed by atoms with E-state index < -0.39 is 18.3 Å². The number of nitrogens with one attached hydrogen (secondary N) is 2.